The summed E-state index contributed by atoms with van der Waals surface area (Å²) in [6.45, 7) is 2.90. The van der Waals surface area contributed by atoms with E-state index in [-0.39, 0.29) is 23.6 Å². The van der Waals surface area contributed by atoms with Crippen molar-refractivity contribution in [3.8, 4) is 11.5 Å². The third-order valence-electron chi connectivity index (χ3n) is 3.63. The van der Waals surface area contributed by atoms with Crippen molar-refractivity contribution in [1.82, 2.24) is 0 Å². The van der Waals surface area contributed by atoms with Crippen molar-refractivity contribution in [1.29, 1.82) is 0 Å². The lowest BCUT2D eigenvalue weighted by Crippen LogP contribution is -2.45. The fraction of sp³-hybridized carbons (Fsp3) is 0.538. The van der Waals surface area contributed by atoms with Gasteiger partial charge >= 0.3 is 6.29 Å². The van der Waals surface area contributed by atoms with E-state index < -0.39 is 6.29 Å². The van der Waals surface area contributed by atoms with Gasteiger partial charge in [0, 0.05) is 30.4 Å². The molecule has 104 valence electrons. The van der Waals surface area contributed by atoms with Crippen LogP contribution in [0, 0.1) is 0 Å². The number of fused-ring (bicyclic) bond motifs is 1. The van der Waals surface area contributed by atoms with Crippen LogP contribution in [-0.4, -0.2) is 24.9 Å². The highest BCUT2D eigenvalue weighted by molar-refractivity contribution is 5.58. The Bertz CT molecular complexity index is 496. The molecule has 0 saturated carbocycles. The number of hydrogen-bond acceptors (Lipinski definition) is 4. The van der Waals surface area contributed by atoms with Gasteiger partial charge < -0.3 is 20.1 Å². The summed E-state index contributed by atoms with van der Waals surface area (Å²) >= 11 is 0. The van der Waals surface area contributed by atoms with Crippen molar-refractivity contribution in [2.24, 2.45) is 5.73 Å². The Kier molecular flexibility index (Phi) is 2.78. The molecule has 3 rings (SSSR count). The Morgan fingerprint density at radius 2 is 2.05 bits per heavy atom. The van der Waals surface area contributed by atoms with Gasteiger partial charge in [-0.25, -0.2) is 0 Å². The van der Waals surface area contributed by atoms with Crippen molar-refractivity contribution in [3.05, 3.63) is 18.2 Å². The summed E-state index contributed by atoms with van der Waals surface area (Å²) in [5.41, 5.74) is 6.78. The van der Waals surface area contributed by atoms with Crippen LogP contribution in [0.15, 0.2) is 18.2 Å². The molecule has 0 aliphatic carbocycles. The van der Waals surface area contributed by atoms with Gasteiger partial charge in [-0.3, -0.25) is 0 Å². The molecular weight excluding hydrogens is 254 g/mol. The number of rotatable bonds is 1. The van der Waals surface area contributed by atoms with Crippen molar-refractivity contribution >= 4 is 5.69 Å². The van der Waals surface area contributed by atoms with E-state index in [2.05, 4.69) is 21.3 Å². The zero-order valence-corrected chi connectivity index (χ0v) is 10.6. The predicted octanol–water partition coefficient (Wildman–Crippen LogP) is 2.32. The fourth-order valence-electron chi connectivity index (χ4n) is 2.71. The molecule has 2 unspecified atom stereocenters. The van der Waals surface area contributed by atoms with E-state index in [1.54, 1.807) is 12.1 Å². The molecule has 2 aliphatic rings. The van der Waals surface area contributed by atoms with Crippen LogP contribution in [0.4, 0.5) is 14.5 Å². The molecule has 2 heterocycles. The second-order valence-corrected chi connectivity index (χ2v) is 5.13. The highest BCUT2D eigenvalue weighted by Crippen LogP contribution is 2.43. The van der Waals surface area contributed by atoms with Gasteiger partial charge in [-0.15, -0.1) is 8.78 Å². The van der Waals surface area contributed by atoms with Crippen LogP contribution in [0.5, 0.6) is 11.5 Å². The lowest BCUT2D eigenvalue weighted by atomic mass is 9.98. The number of alkyl halides is 2. The summed E-state index contributed by atoms with van der Waals surface area (Å²) in [4.78, 5) is 2.16. The average molecular weight is 270 g/mol. The second-order valence-electron chi connectivity index (χ2n) is 5.13. The maximum atomic E-state index is 13.0. The monoisotopic (exact) mass is 270 g/mol. The van der Waals surface area contributed by atoms with E-state index in [9.17, 15) is 8.78 Å². The van der Waals surface area contributed by atoms with Gasteiger partial charge in [-0.05, 0) is 31.9 Å². The van der Waals surface area contributed by atoms with Crippen LogP contribution in [0.3, 0.4) is 0 Å². The normalized spacial score (nSPS) is 28.5. The summed E-state index contributed by atoms with van der Waals surface area (Å²) in [6, 6.07) is 5.39. The Morgan fingerprint density at radius 3 is 2.79 bits per heavy atom. The Balaban J connectivity index is 1.84. The SMILES string of the molecule is CC1CC(N)CCN1c1ccc2c(c1)OC(F)(F)O2. The molecule has 0 bridgehead atoms. The van der Waals surface area contributed by atoms with Crippen LogP contribution < -0.4 is 20.1 Å². The van der Waals surface area contributed by atoms with Crippen LogP contribution in [-0.2, 0) is 0 Å². The molecule has 1 fully saturated rings. The first-order chi connectivity index (χ1) is 8.94. The van der Waals surface area contributed by atoms with Gasteiger partial charge in [0.05, 0.1) is 0 Å². The molecule has 1 aromatic rings. The van der Waals surface area contributed by atoms with E-state index in [1.807, 2.05) is 0 Å². The molecule has 2 aliphatic heterocycles. The van der Waals surface area contributed by atoms with Crippen molar-refractivity contribution in [2.75, 3.05) is 11.4 Å². The molecule has 19 heavy (non-hydrogen) atoms. The molecule has 0 aromatic heterocycles. The van der Waals surface area contributed by atoms with E-state index in [4.69, 9.17) is 5.73 Å². The summed E-state index contributed by atoms with van der Waals surface area (Å²) < 4.78 is 34.8. The predicted molar refractivity (Wildman–Crippen MR) is 66.7 cm³/mol. The molecule has 6 heteroatoms. The molecule has 1 aromatic carbocycles. The maximum absolute atomic E-state index is 13.0. The topological polar surface area (TPSA) is 47.7 Å². The smallest absolute Gasteiger partial charge is 0.395 e. The minimum absolute atomic E-state index is 0.0788. The number of halogens is 2. The first-order valence-electron chi connectivity index (χ1n) is 6.37. The van der Waals surface area contributed by atoms with Gasteiger partial charge in [0.25, 0.3) is 0 Å². The first-order valence-corrected chi connectivity index (χ1v) is 6.37. The molecule has 0 amide bonds. The number of benzene rings is 1. The van der Waals surface area contributed by atoms with Crippen LogP contribution >= 0.6 is 0 Å². The number of piperidine rings is 1. The highest BCUT2D eigenvalue weighted by atomic mass is 19.3. The molecule has 2 atom stereocenters. The summed E-state index contributed by atoms with van der Waals surface area (Å²) in [6.07, 6.45) is -1.77. The van der Waals surface area contributed by atoms with Gasteiger partial charge in [0.15, 0.2) is 11.5 Å². The minimum atomic E-state index is -3.56. The number of hydrogen-bond donors (Lipinski definition) is 1. The van der Waals surface area contributed by atoms with Gasteiger partial charge in [-0.1, -0.05) is 0 Å². The quantitative estimate of drug-likeness (QED) is 0.850. The van der Waals surface area contributed by atoms with Crippen molar-refractivity contribution in [3.63, 3.8) is 0 Å². The summed E-state index contributed by atoms with van der Waals surface area (Å²) in [5, 5.41) is 0. The lowest BCUT2D eigenvalue weighted by molar-refractivity contribution is -0.286. The zero-order valence-electron chi connectivity index (χ0n) is 10.6. The first kappa shape index (κ1) is 12.5. The number of nitrogens with two attached hydrogens (primary N) is 1. The van der Waals surface area contributed by atoms with Crippen molar-refractivity contribution < 1.29 is 18.3 Å². The van der Waals surface area contributed by atoms with Crippen molar-refractivity contribution in [2.45, 2.75) is 38.1 Å². The van der Waals surface area contributed by atoms with E-state index in [1.165, 1.54) is 6.07 Å². The Morgan fingerprint density at radius 1 is 1.32 bits per heavy atom. The third-order valence-corrected chi connectivity index (χ3v) is 3.63. The molecule has 2 N–H and O–H groups in total. The fourth-order valence-corrected chi connectivity index (χ4v) is 2.71. The maximum Gasteiger partial charge on any atom is 0.586 e. The molecule has 1 saturated heterocycles. The minimum Gasteiger partial charge on any atom is -0.395 e. The summed E-state index contributed by atoms with van der Waals surface area (Å²) in [7, 11) is 0. The highest BCUT2D eigenvalue weighted by Gasteiger charge is 2.43. The van der Waals surface area contributed by atoms with Crippen LogP contribution in [0.1, 0.15) is 19.8 Å². The van der Waals surface area contributed by atoms with Crippen LogP contribution in [0.2, 0.25) is 0 Å². The van der Waals surface area contributed by atoms with Crippen LogP contribution in [0.25, 0.3) is 0 Å². The lowest BCUT2D eigenvalue weighted by Gasteiger charge is -2.38. The largest absolute Gasteiger partial charge is 0.586 e. The number of ether oxygens (including phenoxy) is 2. The molecule has 0 spiro atoms. The molecule has 4 nitrogen and oxygen atoms in total. The standard InChI is InChI=1S/C13H16F2N2O2/c1-8-6-9(16)4-5-17(8)10-2-3-11-12(7-10)19-13(14,15)18-11/h2-3,7-9H,4-6,16H2,1H3. The summed E-state index contributed by atoms with van der Waals surface area (Å²) in [5.74, 6) is 0.166. The van der Waals surface area contributed by atoms with Gasteiger partial charge in [0.1, 0.15) is 0 Å². The number of anilines is 1. The third kappa shape index (κ3) is 2.32. The molecule has 0 radical (unpaired) electrons. The number of nitrogens with zero attached hydrogens (tertiary/aromatic N) is 1. The van der Waals surface area contributed by atoms with E-state index >= 15 is 0 Å². The van der Waals surface area contributed by atoms with E-state index in [0.29, 0.717) is 0 Å². The van der Waals surface area contributed by atoms with Gasteiger partial charge in [-0.2, -0.15) is 0 Å². The molecular formula is C13H16F2N2O2. The average Bonchev–Trinajstić information content (AvgIpc) is 2.61. The Labute approximate surface area is 110 Å². The van der Waals surface area contributed by atoms with E-state index in [0.717, 1.165) is 25.1 Å². The second kappa shape index (κ2) is 4.23. The zero-order chi connectivity index (χ0) is 13.6. The van der Waals surface area contributed by atoms with Gasteiger partial charge in [0.2, 0.25) is 0 Å². The Hall–Kier alpha value is -1.56.